The molecule has 0 radical (unpaired) electrons. The van der Waals surface area contributed by atoms with Gasteiger partial charge in [-0.25, -0.2) is 0 Å². The third-order valence-electron chi connectivity index (χ3n) is 2.27. The van der Waals surface area contributed by atoms with E-state index < -0.39 is 0 Å². The van der Waals surface area contributed by atoms with Crippen LogP contribution in [-0.2, 0) is 4.79 Å². The zero-order valence-electron chi connectivity index (χ0n) is 8.57. The Hall–Kier alpha value is 0.130. The Morgan fingerprint density at radius 3 is 2.79 bits per heavy atom. The van der Waals surface area contributed by atoms with Gasteiger partial charge in [-0.2, -0.15) is 23.5 Å². The Balaban J connectivity index is 2.30. The van der Waals surface area contributed by atoms with Crippen molar-refractivity contribution in [3.8, 4) is 0 Å². The molecule has 1 fully saturated rings. The summed E-state index contributed by atoms with van der Waals surface area (Å²) in [6, 6.07) is -0.287. The summed E-state index contributed by atoms with van der Waals surface area (Å²) in [5.74, 6) is 3.22. The third kappa shape index (κ3) is 3.71. The highest BCUT2D eigenvalue weighted by Gasteiger charge is 2.21. The predicted molar refractivity (Wildman–Crippen MR) is 64.9 cm³/mol. The van der Waals surface area contributed by atoms with E-state index in [-0.39, 0.29) is 11.9 Å². The molecule has 2 N–H and O–H groups in total. The normalized spacial score (nSPS) is 19.4. The molecule has 14 heavy (non-hydrogen) atoms. The molecule has 1 rings (SSSR count). The van der Waals surface area contributed by atoms with Crippen LogP contribution in [0.15, 0.2) is 0 Å². The minimum absolute atomic E-state index is 0.138. The quantitative estimate of drug-likeness (QED) is 0.775. The topological polar surface area (TPSA) is 46.3 Å². The Morgan fingerprint density at radius 1 is 1.57 bits per heavy atom. The fourth-order valence-corrected chi connectivity index (χ4v) is 2.78. The maximum atomic E-state index is 11.8. The zero-order valence-corrected chi connectivity index (χ0v) is 10.2. The number of nitrogens with two attached hydrogens (primary N) is 1. The molecule has 0 saturated carbocycles. The zero-order chi connectivity index (χ0) is 10.4. The Bertz CT molecular complexity index is 184. The van der Waals surface area contributed by atoms with Crippen molar-refractivity contribution in [3.63, 3.8) is 0 Å². The van der Waals surface area contributed by atoms with Crippen LogP contribution in [0.1, 0.15) is 6.42 Å². The van der Waals surface area contributed by atoms with E-state index in [2.05, 4.69) is 0 Å². The molecule has 5 heteroatoms. The van der Waals surface area contributed by atoms with Crippen molar-refractivity contribution in [3.05, 3.63) is 0 Å². The average molecular weight is 234 g/mol. The SMILES string of the molecule is CSCC[C@@H](N)C(=O)N1CCSCC1. The lowest BCUT2D eigenvalue weighted by atomic mass is 10.2. The molecular formula is C9H18N2OS2. The molecule has 0 bridgehead atoms. The van der Waals surface area contributed by atoms with E-state index in [9.17, 15) is 4.79 Å². The van der Waals surface area contributed by atoms with Crippen LogP contribution < -0.4 is 5.73 Å². The fourth-order valence-electron chi connectivity index (χ4n) is 1.39. The number of carbonyl (C=O) groups excluding carboxylic acids is 1. The summed E-state index contributed by atoms with van der Waals surface area (Å²) in [5.41, 5.74) is 5.82. The Labute approximate surface area is 94.2 Å². The smallest absolute Gasteiger partial charge is 0.239 e. The number of rotatable bonds is 4. The van der Waals surface area contributed by atoms with Gasteiger partial charge in [-0.3, -0.25) is 4.79 Å². The van der Waals surface area contributed by atoms with Crippen LogP contribution in [0.4, 0.5) is 0 Å². The van der Waals surface area contributed by atoms with Crippen LogP contribution in [0.5, 0.6) is 0 Å². The second-order valence-electron chi connectivity index (χ2n) is 3.33. The van der Waals surface area contributed by atoms with Gasteiger partial charge in [0.05, 0.1) is 6.04 Å². The van der Waals surface area contributed by atoms with Gasteiger partial charge < -0.3 is 10.6 Å². The first kappa shape index (κ1) is 12.2. The molecule has 0 spiro atoms. The summed E-state index contributed by atoms with van der Waals surface area (Å²) in [6.45, 7) is 1.74. The van der Waals surface area contributed by atoms with Gasteiger partial charge in [0.25, 0.3) is 0 Å². The van der Waals surface area contributed by atoms with Crippen LogP contribution >= 0.6 is 23.5 Å². The van der Waals surface area contributed by atoms with E-state index in [0.29, 0.717) is 0 Å². The highest BCUT2D eigenvalue weighted by atomic mass is 32.2. The monoisotopic (exact) mass is 234 g/mol. The van der Waals surface area contributed by atoms with E-state index in [0.717, 1.165) is 36.8 Å². The lowest BCUT2D eigenvalue weighted by molar-refractivity contribution is -0.132. The second-order valence-corrected chi connectivity index (χ2v) is 5.54. The van der Waals surface area contributed by atoms with Gasteiger partial charge >= 0.3 is 0 Å². The molecule has 0 aromatic carbocycles. The Kier molecular flexibility index (Phi) is 5.74. The molecule has 82 valence electrons. The number of carbonyl (C=O) groups is 1. The van der Waals surface area contributed by atoms with Crippen molar-refractivity contribution in [2.75, 3.05) is 36.6 Å². The average Bonchev–Trinajstić information content (AvgIpc) is 2.26. The van der Waals surface area contributed by atoms with Gasteiger partial charge in [0.15, 0.2) is 0 Å². The van der Waals surface area contributed by atoms with Crippen LogP contribution in [0.25, 0.3) is 0 Å². The van der Waals surface area contributed by atoms with Crippen molar-refractivity contribution >= 4 is 29.4 Å². The third-order valence-corrected chi connectivity index (χ3v) is 3.86. The summed E-state index contributed by atoms with van der Waals surface area (Å²) in [4.78, 5) is 13.7. The summed E-state index contributed by atoms with van der Waals surface area (Å²) in [7, 11) is 0. The lowest BCUT2D eigenvalue weighted by Crippen LogP contribution is -2.47. The van der Waals surface area contributed by atoms with E-state index >= 15 is 0 Å². The van der Waals surface area contributed by atoms with Crippen molar-refractivity contribution in [1.29, 1.82) is 0 Å². The molecule has 1 heterocycles. The van der Waals surface area contributed by atoms with Crippen molar-refractivity contribution in [1.82, 2.24) is 4.90 Å². The van der Waals surface area contributed by atoms with Crippen LogP contribution in [0, 0.1) is 0 Å². The van der Waals surface area contributed by atoms with Crippen LogP contribution in [0.2, 0.25) is 0 Å². The van der Waals surface area contributed by atoms with E-state index in [1.807, 2.05) is 22.9 Å². The maximum absolute atomic E-state index is 11.8. The molecule has 1 amide bonds. The standard InChI is InChI=1S/C9H18N2OS2/c1-13-5-2-8(10)9(12)11-3-6-14-7-4-11/h8H,2-7,10H2,1H3/t8-/m1/s1. The number of amides is 1. The number of thioether (sulfide) groups is 2. The molecule has 0 aromatic rings. The number of hydrogen-bond acceptors (Lipinski definition) is 4. The number of nitrogens with zero attached hydrogens (tertiary/aromatic N) is 1. The molecule has 1 saturated heterocycles. The van der Waals surface area contributed by atoms with Gasteiger partial charge in [0.1, 0.15) is 0 Å². The Morgan fingerprint density at radius 2 is 2.21 bits per heavy atom. The minimum Gasteiger partial charge on any atom is -0.340 e. The lowest BCUT2D eigenvalue weighted by Gasteiger charge is -2.28. The van der Waals surface area contributed by atoms with Gasteiger partial charge in [-0.05, 0) is 18.4 Å². The molecule has 0 aromatic heterocycles. The first-order chi connectivity index (χ1) is 6.75. The highest BCUT2D eigenvalue weighted by Crippen LogP contribution is 2.11. The molecule has 1 aliphatic rings. The predicted octanol–water partition coefficient (Wildman–Crippen LogP) is 0.642. The van der Waals surface area contributed by atoms with Crippen molar-refractivity contribution < 1.29 is 4.79 Å². The summed E-state index contributed by atoms with van der Waals surface area (Å²) in [5, 5.41) is 0. The summed E-state index contributed by atoms with van der Waals surface area (Å²) >= 11 is 3.65. The van der Waals surface area contributed by atoms with E-state index in [4.69, 9.17) is 5.73 Å². The van der Waals surface area contributed by atoms with E-state index in [1.54, 1.807) is 11.8 Å². The fraction of sp³-hybridized carbons (Fsp3) is 0.889. The molecule has 1 atom stereocenters. The van der Waals surface area contributed by atoms with Gasteiger partial charge in [0, 0.05) is 24.6 Å². The number of hydrogen-bond donors (Lipinski definition) is 1. The first-order valence-corrected chi connectivity index (χ1v) is 7.41. The van der Waals surface area contributed by atoms with Gasteiger partial charge in [-0.15, -0.1) is 0 Å². The molecular weight excluding hydrogens is 216 g/mol. The largest absolute Gasteiger partial charge is 0.340 e. The van der Waals surface area contributed by atoms with Crippen LogP contribution in [0.3, 0.4) is 0 Å². The minimum atomic E-state index is -0.287. The summed E-state index contributed by atoms with van der Waals surface area (Å²) < 4.78 is 0. The summed E-state index contributed by atoms with van der Waals surface area (Å²) in [6.07, 6.45) is 2.83. The van der Waals surface area contributed by atoms with Gasteiger partial charge in [0.2, 0.25) is 5.91 Å². The molecule has 1 aliphatic heterocycles. The molecule has 0 unspecified atom stereocenters. The second kappa shape index (κ2) is 6.58. The maximum Gasteiger partial charge on any atom is 0.239 e. The van der Waals surface area contributed by atoms with E-state index in [1.165, 1.54) is 0 Å². The molecule has 0 aliphatic carbocycles. The van der Waals surface area contributed by atoms with Crippen LogP contribution in [-0.4, -0.2) is 53.5 Å². The molecule has 3 nitrogen and oxygen atoms in total. The van der Waals surface area contributed by atoms with Gasteiger partial charge in [-0.1, -0.05) is 0 Å². The highest BCUT2D eigenvalue weighted by molar-refractivity contribution is 7.99. The first-order valence-electron chi connectivity index (χ1n) is 4.86. The van der Waals surface area contributed by atoms with Crippen molar-refractivity contribution in [2.45, 2.75) is 12.5 Å². The van der Waals surface area contributed by atoms with Crippen molar-refractivity contribution in [2.24, 2.45) is 5.73 Å².